The molecule has 1 saturated heterocycles. The summed E-state index contributed by atoms with van der Waals surface area (Å²) < 4.78 is 16.8. The number of morpholine rings is 1. The molecule has 0 amide bonds. The first-order chi connectivity index (χ1) is 15.2. The molecule has 2 heterocycles. The van der Waals surface area contributed by atoms with Crippen LogP contribution in [0.3, 0.4) is 0 Å². The van der Waals surface area contributed by atoms with Crippen LogP contribution in [0.1, 0.15) is 19.4 Å². The van der Waals surface area contributed by atoms with Gasteiger partial charge in [0.05, 0.1) is 32.1 Å². The van der Waals surface area contributed by atoms with E-state index in [0.717, 1.165) is 52.0 Å². The van der Waals surface area contributed by atoms with Gasteiger partial charge >= 0.3 is 0 Å². The minimum atomic E-state index is 0.548. The van der Waals surface area contributed by atoms with Crippen LogP contribution in [0.2, 0.25) is 0 Å². The van der Waals surface area contributed by atoms with Gasteiger partial charge < -0.3 is 19.1 Å². The van der Waals surface area contributed by atoms with Gasteiger partial charge in [-0.1, -0.05) is 24.3 Å². The van der Waals surface area contributed by atoms with Crippen molar-refractivity contribution in [2.45, 2.75) is 13.8 Å². The van der Waals surface area contributed by atoms with E-state index in [0.29, 0.717) is 32.3 Å². The molecular formula is C24H27N3O3S. The third-order valence-corrected chi connectivity index (χ3v) is 5.97. The van der Waals surface area contributed by atoms with E-state index >= 15 is 0 Å². The van der Waals surface area contributed by atoms with Crippen LogP contribution in [0.25, 0.3) is 21.8 Å². The maximum absolute atomic E-state index is 8.45. The van der Waals surface area contributed by atoms with E-state index in [1.165, 1.54) is 0 Å². The zero-order chi connectivity index (χ0) is 21.6. The topological polar surface area (TPSA) is 67.7 Å². The van der Waals surface area contributed by atoms with Crippen molar-refractivity contribution in [2.24, 2.45) is 0 Å². The van der Waals surface area contributed by atoms with Crippen molar-refractivity contribution in [3.05, 3.63) is 53.4 Å². The summed E-state index contributed by atoms with van der Waals surface area (Å²) in [5.41, 5.74) is 3.89. The number of hydrogen-bond donors (Lipinski definition) is 1. The summed E-state index contributed by atoms with van der Waals surface area (Å²) in [6.07, 6.45) is 0. The summed E-state index contributed by atoms with van der Waals surface area (Å²) in [5.74, 6) is 2.04. The molecule has 162 valence electrons. The lowest BCUT2D eigenvalue weighted by Crippen LogP contribution is -2.40. The number of amidine groups is 1. The molecule has 6 nitrogen and oxygen atoms in total. The summed E-state index contributed by atoms with van der Waals surface area (Å²) in [7, 11) is 0. The van der Waals surface area contributed by atoms with Gasteiger partial charge in [-0.15, -0.1) is 11.3 Å². The zero-order valence-corrected chi connectivity index (χ0v) is 18.7. The van der Waals surface area contributed by atoms with E-state index in [9.17, 15) is 0 Å². The molecule has 1 N–H and O–H groups in total. The Balaban J connectivity index is 1.52. The molecule has 0 spiro atoms. The Labute approximate surface area is 186 Å². The standard InChI is InChI=1S/C24H27N3O3S/c1-3-29-21-10-9-19(15-22(21)30-4-2)24-26-20(16-31-24)17-5-7-18(8-6-17)23(25)27-11-13-28-14-12-27/h5-10,15-16,25H,3-4,11-14H2,1-2H3. The molecule has 31 heavy (non-hydrogen) atoms. The van der Waals surface area contributed by atoms with Crippen molar-refractivity contribution in [3.8, 4) is 33.3 Å². The second-order valence-corrected chi connectivity index (χ2v) is 7.95. The second kappa shape index (κ2) is 9.94. The van der Waals surface area contributed by atoms with Crippen LogP contribution >= 0.6 is 11.3 Å². The lowest BCUT2D eigenvalue weighted by atomic mass is 10.1. The molecule has 1 aliphatic heterocycles. The molecule has 1 aromatic heterocycles. The predicted molar refractivity (Wildman–Crippen MR) is 125 cm³/mol. The van der Waals surface area contributed by atoms with Gasteiger partial charge in [-0.2, -0.15) is 0 Å². The van der Waals surface area contributed by atoms with Gasteiger partial charge in [0, 0.05) is 35.2 Å². The third kappa shape index (κ3) is 4.89. The van der Waals surface area contributed by atoms with Crippen molar-refractivity contribution in [2.75, 3.05) is 39.5 Å². The number of rotatable bonds is 7. The summed E-state index contributed by atoms with van der Waals surface area (Å²) in [6.45, 7) is 8.00. The Bertz CT molecular complexity index is 1030. The number of aromatic nitrogens is 1. The first-order valence-corrected chi connectivity index (χ1v) is 11.4. The van der Waals surface area contributed by atoms with Gasteiger partial charge in [-0.25, -0.2) is 4.98 Å². The van der Waals surface area contributed by atoms with Crippen molar-refractivity contribution < 1.29 is 14.2 Å². The Morgan fingerprint density at radius 1 is 1.00 bits per heavy atom. The van der Waals surface area contributed by atoms with E-state index in [2.05, 4.69) is 10.3 Å². The second-order valence-electron chi connectivity index (χ2n) is 7.09. The van der Waals surface area contributed by atoms with Gasteiger partial charge in [0.1, 0.15) is 10.8 Å². The van der Waals surface area contributed by atoms with Crippen molar-refractivity contribution in [3.63, 3.8) is 0 Å². The largest absolute Gasteiger partial charge is 0.490 e. The Kier molecular flexibility index (Phi) is 6.84. The molecule has 2 aromatic carbocycles. The summed E-state index contributed by atoms with van der Waals surface area (Å²) in [5, 5.41) is 11.5. The molecular weight excluding hydrogens is 410 g/mol. The fourth-order valence-corrected chi connectivity index (χ4v) is 4.32. The maximum Gasteiger partial charge on any atom is 0.161 e. The fourth-order valence-electron chi connectivity index (χ4n) is 3.49. The Morgan fingerprint density at radius 3 is 2.39 bits per heavy atom. The molecule has 1 fully saturated rings. The van der Waals surface area contributed by atoms with Gasteiger partial charge in [0.15, 0.2) is 11.5 Å². The van der Waals surface area contributed by atoms with Crippen LogP contribution in [-0.4, -0.2) is 55.2 Å². The molecule has 0 aliphatic carbocycles. The maximum atomic E-state index is 8.45. The molecule has 0 radical (unpaired) electrons. The van der Waals surface area contributed by atoms with E-state index in [1.54, 1.807) is 11.3 Å². The van der Waals surface area contributed by atoms with E-state index < -0.39 is 0 Å². The molecule has 0 atom stereocenters. The average Bonchev–Trinajstić information content (AvgIpc) is 3.31. The van der Waals surface area contributed by atoms with Crippen LogP contribution in [0.5, 0.6) is 11.5 Å². The zero-order valence-electron chi connectivity index (χ0n) is 17.9. The number of nitrogens with zero attached hydrogens (tertiary/aromatic N) is 2. The van der Waals surface area contributed by atoms with Crippen molar-refractivity contribution in [1.82, 2.24) is 9.88 Å². The fraction of sp³-hybridized carbons (Fsp3) is 0.333. The lowest BCUT2D eigenvalue weighted by Gasteiger charge is -2.29. The van der Waals surface area contributed by atoms with E-state index in [4.69, 9.17) is 24.6 Å². The SMILES string of the molecule is CCOc1ccc(-c2nc(-c3ccc(C(=N)N4CCOCC4)cc3)cs2)cc1OCC. The van der Waals surface area contributed by atoms with Gasteiger partial charge in [-0.05, 0) is 32.0 Å². The number of ether oxygens (including phenoxy) is 3. The molecule has 4 rings (SSSR count). The molecule has 1 aliphatic rings. The predicted octanol–water partition coefficient (Wildman–Crippen LogP) is 4.93. The Hall–Kier alpha value is -2.90. The van der Waals surface area contributed by atoms with Gasteiger partial charge in [0.25, 0.3) is 0 Å². The quantitative estimate of drug-likeness (QED) is 0.419. The van der Waals surface area contributed by atoms with Crippen LogP contribution in [-0.2, 0) is 4.74 Å². The van der Waals surface area contributed by atoms with Crippen LogP contribution in [0.15, 0.2) is 47.8 Å². The highest BCUT2D eigenvalue weighted by atomic mass is 32.1. The molecule has 0 bridgehead atoms. The molecule has 0 unspecified atom stereocenters. The first-order valence-electron chi connectivity index (χ1n) is 10.6. The highest BCUT2D eigenvalue weighted by Crippen LogP contribution is 2.35. The van der Waals surface area contributed by atoms with E-state index in [-0.39, 0.29) is 0 Å². The highest BCUT2D eigenvalue weighted by Gasteiger charge is 2.16. The summed E-state index contributed by atoms with van der Waals surface area (Å²) in [6, 6.07) is 14.0. The van der Waals surface area contributed by atoms with E-state index in [1.807, 2.05) is 56.3 Å². The van der Waals surface area contributed by atoms with Crippen molar-refractivity contribution >= 4 is 17.2 Å². The smallest absolute Gasteiger partial charge is 0.161 e. The minimum absolute atomic E-state index is 0.548. The molecule has 7 heteroatoms. The third-order valence-electron chi connectivity index (χ3n) is 5.08. The summed E-state index contributed by atoms with van der Waals surface area (Å²) in [4.78, 5) is 6.89. The minimum Gasteiger partial charge on any atom is -0.490 e. The number of thiazole rings is 1. The number of hydrogen-bond acceptors (Lipinski definition) is 6. The monoisotopic (exact) mass is 437 g/mol. The molecule has 0 saturated carbocycles. The lowest BCUT2D eigenvalue weighted by molar-refractivity contribution is 0.0680. The first kappa shape index (κ1) is 21.3. The molecule has 3 aromatic rings. The van der Waals surface area contributed by atoms with Gasteiger partial charge in [0.2, 0.25) is 0 Å². The number of nitrogens with one attached hydrogen (secondary N) is 1. The van der Waals surface area contributed by atoms with Crippen LogP contribution in [0, 0.1) is 5.41 Å². The Morgan fingerprint density at radius 2 is 1.68 bits per heavy atom. The van der Waals surface area contributed by atoms with Crippen LogP contribution in [0.4, 0.5) is 0 Å². The van der Waals surface area contributed by atoms with Crippen molar-refractivity contribution in [1.29, 1.82) is 5.41 Å². The van der Waals surface area contributed by atoms with Crippen LogP contribution < -0.4 is 9.47 Å². The normalized spacial score (nSPS) is 13.8. The summed E-state index contributed by atoms with van der Waals surface area (Å²) >= 11 is 1.60. The van der Waals surface area contributed by atoms with Gasteiger partial charge in [-0.3, -0.25) is 5.41 Å². The highest BCUT2D eigenvalue weighted by molar-refractivity contribution is 7.13. The number of benzene rings is 2. The average molecular weight is 438 g/mol.